The first-order chi connectivity index (χ1) is 8.30. The lowest BCUT2D eigenvalue weighted by atomic mass is 10.0. The van der Waals surface area contributed by atoms with Gasteiger partial charge in [-0.3, -0.25) is 0 Å². The van der Waals surface area contributed by atoms with Crippen molar-refractivity contribution in [2.24, 2.45) is 0 Å². The average Bonchev–Trinajstić information content (AvgIpc) is 2.25. The third-order valence-corrected chi connectivity index (χ3v) is 2.63. The SMILES string of the molecule is CC(C)c1nc(N)nc2c(C(F)(F)F)cccc12. The van der Waals surface area contributed by atoms with Crippen LogP contribution in [0.2, 0.25) is 0 Å². The van der Waals surface area contributed by atoms with Crippen LogP contribution in [-0.2, 0) is 6.18 Å². The predicted molar refractivity (Wildman–Crippen MR) is 63.0 cm³/mol. The number of halogens is 3. The second-order valence-electron chi connectivity index (χ2n) is 4.32. The molecule has 0 unspecified atom stereocenters. The molecule has 0 radical (unpaired) electrons. The molecule has 1 heterocycles. The number of nitrogens with two attached hydrogens (primary N) is 1. The Kier molecular flexibility index (Phi) is 2.88. The molecule has 2 aromatic rings. The van der Waals surface area contributed by atoms with Crippen LogP contribution in [0.1, 0.15) is 31.0 Å². The first kappa shape index (κ1) is 12.6. The molecule has 0 aliphatic carbocycles. The van der Waals surface area contributed by atoms with Gasteiger partial charge in [0.1, 0.15) is 0 Å². The van der Waals surface area contributed by atoms with E-state index in [2.05, 4.69) is 9.97 Å². The lowest BCUT2D eigenvalue weighted by molar-refractivity contribution is -0.136. The minimum absolute atomic E-state index is 0.0266. The number of nitrogen functional groups attached to an aromatic ring is 1. The van der Waals surface area contributed by atoms with Crippen LogP contribution in [0.15, 0.2) is 18.2 Å². The molecule has 0 saturated carbocycles. The first-order valence-corrected chi connectivity index (χ1v) is 5.44. The van der Waals surface area contributed by atoms with E-state index in [4.69, 9.17) is 5.73 Å². The third kappa shape index (κ3) is 2.10. The predicted octanol–water partition coefficient (Wildman–Crippen LogP) is 3.35. The van der Waals surface area contributed by atoms with Gasteiger partial charge in [0, 0.05) is 5.39 Å². The molecule has 2 rings (SSSR count). The first-order valence-electron chi connectivity index (χ1n) is 5.44. The molecule has 1 aromatic heterocycles. The molecular formula is C12H12F3N3. The molecule has 3 nitrogen and oxygen atoms in total. The number of hydrogen-bond donors (Lipinski definition) is 1. The summed E-state index contributed by atoms with van der Waals surface area (Å²) in [7, 11) is 0. The Morgan fingerprint density at radius 3 is 2.39 bits per heavy atom. The summed E-state index contributed by atoms with van der Waals surface area (Å²) in [5.41, 5.74) is 5.10. The number of fused-ring (bicyclic) bond motifs is 1. The zero-order valence-electron chi connectivity index (χ0n) is 9.92. The normalized spacial score (nSPS) is 12.3. The van der Waals surface area contributed by atoms with Crippen molar-refractivity contribution in [3.8, 4) is 0 Å². The van der Waals surface area contributed by atoms with Crippen LogP contribution < -0.4 is 5.73 Å². The average molecular weight is 255 g/mol. The van der Waals surface area contributed by atoms with Crippen molar-refractivity contribution in [2.45, 2.75) is 25.9 Å². The second kappa shape index (κ2) is 4.12. The van der Waals surface area contributed by atoms with Gasteiger partial charge in [-0.25, -0.2) is 9.97 Å². The Morgan fingerprint density at radius 1 is 1.17 bits per heavy atom. The summed E-state index contributed by atoms with van der Waals surface area (Å²) in [5, 5.41) is 0.397. The fourth-order valence-corrected chi connectivity index (χ4v) is 1.86. The number of hydrogen-bond acceptors (Lipinski definition) is 3. The molecule has 0 fully saturated rings. The van der Waals surface area contributed by atoms with Crippen molar-refractivity contribution < 1.29 is 13.2 Å². The fourth-order valence-electron chi connectivity index (χ4n) is 1.86. The van der Waals surface area contributed by atoms with Crippen LogP contribution in [0, 0.1) is 0 Å². The van der Waals surface area contributed by atoms with Crippen molar-refractivity contribution in [2.75, 3.05) is 5.73 Å². The summed E-state index contributed by atoms with van der Waals surface area (Å²) < 4.78 is 38.6. The smallest absolute Gasteiger partial charge is 0.368 e. The van der Waals surface area contributed by atoms with Crippen molar-refractivity contribution in [1.29, 1.82) is 0 Å². The molecule has 0 amide bonds. The van der Waals surface area contributed by atoms with E-state index in [1.807, 2.05) is 13.8 Å². The standard InChI is InChI=1S/C12H12F3N3/c1-6(2)9-7-4-3-5-8(12(13,14)15)10(7)18-11(16)17-9/h3-6H,1-2H3,(H2,16,17,18). The number of para-hydroxylation sites is 1. The molecule has 2 N–H and O–H groups in total. The maximum Gasteiger partial charge on any atom is 0.418 e. The van der Waals surface area contributed by atoms with Crippen molar-refractivity contribution in [3.05, 3.63) is 29.5 Å². The number of benzene rings is 1. The molecule has 0 bridgehead atoms. The van der Waals surface area contributed by atoms with Crippen molar-refractivity contribution in [3.63, 3.8) is 0 Å². The lowest BCUT2D eigenvalue weighted by Gasteiger charge is -2.13. The highest BCUT2D eigenvalue weighted by atomic mass is 19.4. The van der Waals surface area contributed by atoms with Crippen LogP contribution in [0.3, 0.4) is 0 Å². The van der Waals surface area contributed by atoms with E-state index in [1.165, 1.54) is 6.07 Å². The summed E-state index contributed by atoms with van der Waals surface area (Å²) in [6.07, 6.45) is -4.45. The number of nitrogens with zero attached hydrogens (tertiary/aromatic N) is 2. The minimum Gasteiger partial charge on any atom is -0.368 e. The topological polar surface area (TPSA) is 51.8 Å². The third-order valence-electron chi connectivity index (χ3n) is 2.63. The van der Waals surface area contributed by atoms with Crippen LogP contribution in [0.25, 0.3) is 10.9 Å². The van der Waals surface area contributed by atoms with Crippen LogP contribution in [0.5, 0.6) is 0 Å². The molecule has 0 atom stereocenters. The molecular weight excluding hydrogens is 243 g/mol. The lowest BCUT2D eigenvalue weighted by Crippen LogP contribution is -2.09. The summed E-state index contributed by atoms with van der Waals surface area (Å²) in [6.45, 7) is 3.70. The summed E-state index contributed by atoms with van der Waals surface area (Å²) in [6, 6.07) is 3.94. The van der Waals surface area contributed by atoms with Gasteiger partial charge in [-0.1, -0.05) is 26.0 Å². The molecule has 1 aromatic carbocycles. The van der Waals surface area contributed by atoms with Gasteiger partial charge >= 0.3 is 6.18 Å². The van der Waals surface area contributed by atoms with Gasteiger partial charge in [-0.15, -0.1) is 0 Å². The van der Waals surface area contributed by atoms with Gasteiger partial charge in [0.25, 0.3) is 0 Å². The number of anilines is 1. The van der Waals surface area contributed by atoms with Crippen LogP contribution >= 0.6 is 0 Å². The minimum atomic E-state index is -4.45. The van der Waals surface area contributed by atoms with Gasteiger partial charge in [0.15, 0.2) is 0 Å². The highest BCUT2D eigenvalue weighted by Gasteiger charge is 2.33. The van der Waals surface area contributed by atoms with E-state index in [1.54, 1.807) is 6.07 Å². The molecule has 6 heteroatoms. The number of rotatable bonds is 1. The number of alkyl halides is 3. The van der Waals surface area contributed by atoms with E-state index in [0.29, 0.717) is 11.1 Å². The summed E-state index contributed by atoms with van der Waals surface area (Å²) in [5.74, 6) is -0.163. The van der Waals surface area contributed by atoms with Gasteiger partial charge < -0.3 is 5.73 Å². The Bertz CT molecular complexity index is 591. The van der Waals surface area contributed by atoms with Crippen molar-refractivity contribution >= 4 is 16.9 Å². The summed E-state index contributed by atoms with van der Waals surface area (Å²) in [4.78, 5) is 7.76. The fraction of sp³-hybridized carbons (Fsp3) is 0.333. The Morgan fingerprint density at radius 2 is 1.83 bits per heavy atom. The van der Waals surface area contributed by atoms with E-state index in [-0.39, 0.29) is 17.4 Å². The second-order valence-corrected chi connectivity index (χ2v) is 4.32. The van der Waals surface area contributed by atoms with Gasteiger partial charge in [0.05, 0.1) is 16.8 Å². The van der Waals surface area contributed by atoms with Gasteiger partial charge in [0.2, 0.25) is 5.95 Å². The van der Waals surface area contributed by atoms with E-state index < -0.39 is 11.7 Å². The quantitative estimate of drug-likeness (QED) is 0.850. The van der Waals surface area contributed by atoms with Gasteiger partial charge in [-0.05, 0) is 12.0 Å². The highest BCUT2D eigenvalue weighted by molar-refractivity contribution is 5.85. The Balaban J connectivity index is 2.86. The molecule has 0 saturated heterocycles. The van der Waals surface area contributed by atoms with Crippen molar-refractivity contribution in [1.82, 2.24) is 9.97 Å². The van der Waals surface area contributed by atoms with E-state index in [0.717, 1.165) is 6.07 Å². The maximum atomic E-state index is 12.9. The molecule has 0 aliphatic heterocycles. The Labute approximate surface area is 102 Å². The molecule has 0 spiro atoms. The molecule has 0 aliphatic rings. The number of aromatic nitrogens is 2. The van der Waals surface area contributed by atoms with Gasteiger partial charge in [-0.2, -0.15) is 13.2 Å². The summed E-state index contributed by atoms with van der Waals surface area (Å²) >= 11 is 0. The molecule has 96 valence electrons. The van der Waals surface area contributed by atoms with E-state index >= 15 is 0 Å². The molecule has 18 heavy (non-hydrogen) atoms. The Hall–Kier alpha value is -1.85. The largest absolute Gasteiger partial charge is 0.418 e. The monoisotopic (exact) mass is 255 g/mol. The maximum absolute atomic E-state index is 12.9. The zero-order valence-corrected chi connectivity index (χ0v) is 9.92. The van der Waals surface area contributed by atoms with Crippen LogP contribution in [-0.4, -0.2) is 9.97 Å². The highest BCUT2D eigenvalue weighted by Crippen LogP contribution is 2.35. The zero-order chi connectivity index (χ0) is 13.5. The van der Waals surface area contributed by atoms with E-state index in [9.17, 15) is 13.2 Å². The van der Waals surface area contributed by atoms with Crippen LogP contribution in [0.4, 0.5) is 19.1 Å².